The van der Waals surface area contributed by atoms with Gasteiger partial charge in [-0.15, -0.1) is 0 Å². The lowest BCUT2D eigenvalue weighted by Crippen LogP contribution is -2.54. The largest absolute Gasteiger partial charge is 0.423 e. The van der Waals surface area contributed by atoms with E-state index in [4.69, 9.17) is 9.41 Å². The molecule has 1 unspecified atom stereocenters. The minimum Gasteiger partial charge on any atom is -0.423 e. The molecule has 2 heterocycles. The number of ketones is 1. The summed E-state index contributed by atoms with van der Waals surface area (Å²) in [6.45, 7) is 0. The van der Waals surface area contributed by atoms with Gasteiger partial charge in [0.2, 0.25) is 5.96 Å². The molecule has 1 atom stereocenters. The minimum absolute atomic E-state index is 0.103. The van der Waals surface area contributed by atoms with Crippen LogP contribution in [0.3, 0.4) is 0 Å². The number of oxazole rings is 1. The summed E-state index contributed by atoms with van der Waals surface area (Å²) >= 11 is 0. The number of benzene rings is 1. The van der Waals surface area contributed by atoms with Gasteiger partial charge in [0.05, 0.1) is 11.5 Å². The van der Waals surface area contributed by atoms with Gasteiger partial charge in [0.15, 0.2) is 5.58 Å². The Hall–Kier alpha value is -2.50. The third-order valence-electron chi connectivity index (χ3n) is 5.36. The van der Waals surface area contributed by atoms with Gasteiger partial charge in [-0.3, -0.25) is 10.1 Å². The summed E-state index contributed by atoms with van der Waals surface area (Å²) in [6, 6.07) is 8.02. The number of fused-ring (bicyclic) bond motifs is 3. The summed E-state index contributed by atoms with van der Waals surface area (Å²) in [4.78, 5) is 26.3. The molecule has 1 spiro atoms. The van der Waals surface area contributed by atoms with Crippen LogP contribution in [0.5, 0.6) is 0 Å². The predicted molar refractivity (Wildman–Crippen MR) is 91.4 cm³/mol. The Labute approximate surface area is 139 Å². The van der Waals surface area contributed by atoms with Crippen LogP contribution in [0.2, 0.25) is 0 Å². The number of guanidine groups is 1. The molecule has 2 saturated carbocycles. The lowest BCUT2D eigenvalue weighted by molar-refractivity contribution is -0.124. The molecule has 0 bridgehead atoms. The fourth-order valence-corrected chi connectivity index (χ4v) is 4.10. The second-order valence-corrected chi connectivity index (χ2v) is 6.86. The first-order chi connectivity index (χ1) is 11.7. The molecule has 3 aliphatic rings. The molecule has 6 heteroatoms. The Morgan fingerprint density at radius 1 is 1.17 bits per heavy atom. The van der Waals surface area contributed by atoms with Crippen LogP contribution in [-0.2, 0) is 4.79 Å². The smallest absolute Gasteiger partial charge is 0.302 e. The van der Waals surface area contributed by atoms with Gasteiger partial charge in [-0.2, -0.15) is 4.98 Å². The molecule has 2 fully saturated rings. The Morgan fingerprint density at radius 2 is 2.04 bits per heavy atom. The number of carbonyl (C=O) groups excluding carboxylic acids is 1. The van der Waals surface area contributed by atoms with E-state index in [0.29, 0.717) is 24.2 Å². The van der Waals surface area contributed by atoms with Crippen LogP contribution >= 0.6 is 0 Å². The molecule has 2 aromatic rings. The number of aliphatic imine (C=N–C) groups is 2. The molecular formula is C18H18N4O2. The van der Waals surface area contributed by atoms with Crippen molar-refractivity contribution in [2.45, 2.75) is 44.1 Å². The average molecular weight is 322 g/mol. The maximum Gasteiger partial charge on any atom is 0.302 e. The monoisotopic (exact) mass is 322 g/mol. The Morgan fingerprint density at radius 3 is 2.83 bits per heavy atom. The molecule has 2 aliphatic carbocycles. The number of anilines is 1. The standard InChI is InChI=1S/C18H18N4O2/c23-13-7-3-6-12-15(13)18(9-4-10-18)22-16(19-12)21-17-20-11-5-1-2-8-14(11)24-17/h1-2,5,8,15H,3-4,6-7,9-10H2,(H,20,21,22). The number of para-hydroxylation sites is 2. The van der Waals surface area contributed by atoms with E-state index in [-0.39, 0.29) is 11.5 Å². The van der Waals surface area contributed by atoms with Crippen molar-refractivity contribution < 1.29 is 9.21 Å². The van der Waals surface area contributed by atoms with Gasteiger partial charge < -0.3 is 4.42 Å². The summed E-state index contributed by atoms with van der Waals surface area (Å²) in [6.07, 6.45) is 5.47. The van der Waals surface area contributed by atoms with Crippen molar-refractivity contribution in [3.05, 3.63) is 24.3 Å². The topological polar surface area (TPSA) is 79.9 Å². The number of rotatable bonds is 1. The van der Waals surface area contributed by atoms with Gasteiger partial charge in [0, 0.05) is 12.1 Å². The highest BCUT2D eigenvalue weighted by Gasteiger charge is 2.52. The molecule has 1 aromatic carbocycles. The molecule has 1 aromatic heterocycles. The first-order valence-electron chi connectivity index (χ1n) is 8.56. The van der Waals surface area contributed by atoms with Crippen molar-refractivity contribution >= 4 is 34.6 Å². The third kappa shape index (κ3) is 2.02. The lowest BCUT2D eigenvalue weighted by Gasteiger charge is -2.47. The van der Waals surface area contributed by atoms with Crippen LogP contribution in [-0.4, -0.2) is 28.0 Å². The first-order valence-corrected chi connectivity index (χ1v) is 8.56. The molecule has 0 saturated heterocycles. The van der Waals surface area contributed by atoms with Crippen LogP contribution in [0.25, 0.3) is 11.1 Å². The first kappa shape index (κ1) is 13.9. The molecule has 24 heavy (non-hydrogen) atoms. The predicted octanol–water partition coefficient (Wildman–Crippen LogP) is 3.34. The third-order valence-corrected chi connectivity index (χ3v) is 5.36. The zero-order valence-electron chi connectivity index (χ0n) is 13.3. The molecule has 6 nitrogen and oxygen atoms in total. The van der Waals surface area contributed by atoms with Gasteiger partial charge in [-0.05, 0) is 44.2 Å². The molecule has 122 valence electrons. The molecule has 5 rings (SSSR count). The molecule has 1 aliphatic heterocycles. The highest BCUT2D eigenvalue weighted by Crippen LogP contribution is 2.47. The summed E-state index contributed by atoms with van der Waals surface area (Å²) in [5.41, 5.74) is 2.24. The number of hydrogen-bond acceptors (Lipinski definition) is 6. The van der Waals surface area contributed by atoms with E-state index in [9.17, 15) is 4.79 Å². The summed E-state index contributed by atoms with van der Waals surface area (Å²) in [7, 11) is 0. The fraction of sp³-hybridized carbons (Fsp3) is 0.444. The molecule has 0 radical (unpaired) electrons. The molecule has 1 N–H and O–H groups in total. The van der Waals surface area contributed by atoms with Crippen LogP contribution < -0.4 is 5.32 Å². The quantitative estimate of drug-likeness (QED) is 0.873. The van der Waals surface area contributed by atoms with Crippen molar-refractivity contribution in [3.8, 4) is 0 Å². The van der Waals surface area contributed by atoms with Crippen molar-refractivity contribution in [2.75, 3.05) is 5.32 Å². The maximum absolute atomic E-state index is 12.4. The number of Topliss-reactive ketones (excluding diaryl/α,β-unsaturated/α-hetero) is 1. The van der Waals surface area contributed by atoms with Crippen molar-refractivity contribution in [2.24, 2.45) is 15.9 Å². The normalized spacial score (nSPS) is 25.0. The van der Waals surface area contributed by atoms with E-state index in [2.05, 4.69) is 15.3 Å². The second-order valence-electron chi connectivity index (χ2n) is 6.86. The second kappa shape index (κ2) is 5.00. The summed E-state index contributed by atoms with van der Waals surface area (Å²) in [5.74, 6) is 0.737. The van der Waals surface area contributed by atoms with E-state index >= 15 is 0 Å². The van der Waals surface area contributed by atoms with Crippen LogP contribution in [0.4, 0.5) is 6.01 Å². The van der Waals surface area contributed by atoms with Crippen molar-refractivity contribution in [3.63, 3.8) is 0 Å². The summed E-state index contributed by atoms with van der Waals surface area (Å²) in [5, 5.41) is 3.11. The number of nitrogens with one attached hydrogen (secondary N) is 1. The SMILES string of the molecule is O=C1CCCC2=NC(Nc3nc4ccccc4o3)=NC3(CCC3)C12. The number of carbonyl (C=O) groups is 1. The number of aromatic nitrogens is 1. The number of hydrogen-bond donors (Lipinski definition) is 1. The van der Waals surface area contributed by atoms with E-state index in [0.717, 1.165) is 48.9 Å². The van der Waals surface area contributed by atoms with E-state index in [1.54, 1.807) is 0 Å². The lowest BCUT2D eigenvalue weighted by atomic mass is 9.62. The van der Waals surface area contributed by atoms with Gasteiger partial charge in [0.1, 0.15) is 11.3 Å². The van der Waals surface area contributed by atoms with Gasteiger partial charge in [-0.25, -0.2) is 9.98 Å². The van der Waals surface area contributed by atoms with Gasteiger partial charge in [-0.1, -0.05) is 12.1 Å². The maximum atomic E-state index is 12.4. The Bertz CT molecular complexity index is 858. The summed E-state index contributed by atoms with van der Waals surface area (Å²) < 4.78 is 5.71. The van der Waals surface area contributed by atoms with E-state index in [1.165, 1.54) is 0 Å². The highest BCUT2D eigenvalue weighted by molar-refractivity contribution is 6.15. The average Bonchev–Trinajstić information content (AvgIpc) is 2.95. The van der Waals surface area contributed by atoms with Gasteiger partial charge in [0.25, 0.3) is 0 Å². The fourth-order valence-electron chi connectivity index (χ4n) is 4.10. The van der Waals surface area contributed by atoms with Crippen LogP contribution in [0.1, 0.15) is 38.5 Å². The van der Waals surface area contributed by atoms with Crippen LogP contribution in [0, 0.1) is 5.92 Å². The molecule has 0 amide bonds. The highest BCUT2D eigenvalue weighted by atomic mass is 16.4. The Balaban J connectivity index is 1.50. The zero-order valence-corrected chi connectivity index (χ0v) is 13.3. The Kier molecular flexibility index (Phi) is 2.89. The van der Waals surface area contributed by atoms with Crippen molar-refractivity contribution in [1.82, 2.24) is 4.98 Å². The number of nitrogens with zero attached hydrogens (tertiary/aromatic N) is 3. The molecular weight excluding hydrogens is 304 g/mol. The zero-order chi connectivity index (χ0) is 16.1. The van der Waals surface area contributed by atoms with E-state index < -0.39 is 0 Å². The van der Waals surface area contributed by atoms with E-state index in [1.807, 2.05) is 24.3 Å². The van der Waals surface area contributed by atoms with Crippen molar-refractivity contribution in [1.29, 1.82) is 0 Å². The van der Waals surface area contributed by atoms with Crippen LogP contribution in [0.15, 0.2) is 38.7 Å². The minimum atomic E-state index is -0.275. The van der Waals surface area contributed by atoms with Gasteiger partial charge >= 0.3 is 6.01 Å².